The van der Waals surface area contributed by atoms with E-state index in [0.717, 1.165) is 18.4 Å². The highest BCUT2D eigenvalue weighted by molar-refractivity contribution is 5.83. The third kappa shape index (κ3) is 3.54. The van der Waals surface area contributed by atoms with E-state index in [4.69, 9.17) is 4.74 Å². The molecule has 0 radical (unpaired) electrons. The molecule has 0 saturated heterocycles. The summed E-state index contributed by atoms with van der Waals surface area (Å²) in [6, 6.07) is 8.47. The highest BCUT2D eigenvalue weighted by Gasteiger charge is 2.54. The van der Waals surface area contributed by atoms with Gasteiger partial charge >= 0.3 is 12.1 Å². The molecule has 1 aromatic rings. The van der Waals surface area contributed by atoms with Crippen LogP contribution in [0.1, 0.15) is 39.2 Å². The molecule has 0 aliphatic heterocycles. The van der Waals surface area contributed by atoms with Crippen LogP contribution in [-0.2, 0) is 14.9 Å². The van der Waals surface area contributed by atoms with Crippen molar-refractivity contribution in [3.63, 3.8) is 0 Å². The van der Waals surface area contributed by atoms with E-state index in [0.29, 0.717) is 0 Å². The summed E-state index contributed by atoms with van der Waals surface area (Å²) >= 11 is 0. The first-order chi connectivity index (χ1) is 9.74. The summed E-state index contributed by atoms with van der Waals surface area (Å²) < 4.78 is 5.16. The Morgan fingerprint density at radius 1 is 1.24 bits per heavy atom. The molecule has 0 heterocycles. The number of aliphatic carboxylic acids is 1. The van der Waals surface area contributed by atoms with Crippen molar-refractivity contribution in [2.45, 2.75) is 50.7 Å². The maximum absolute atomic E-state index is 11.9. The lowest BCUT2D eigenvalue weighted by Crippen LogP contribution is -2.50. The highest BCUT2D eigenvalue weighted by atomic mass is 16.6. The topological polar surface area (TPSA) is 75.6 Å². The zero-order valence-electron chi connectivity index (χ0n) is 12.6. The minimum atomic E-state index is -1.04. The predicted octanol–water partition coefficient (Wildman–Crippen LogP) is 2.70. The minimum absolute atomic E-state index is 0.524. The van der Waals surface area contributed by atoms with Gasteiger partial charge in [-0.15, -0.1) is 0 Å². The third-order valence-electron chi connectivity index (χ3n) is 3.60. The van der Waals surface area contributed by atoms with Gasteiger partial charge in [-0.2, -0.15) is 0 Å². The fourth-order valence-corrected chi connectivity index (χ4v) is 2.51. The monoisotopic (exact) mass is 291 g/mol. The standard InChI is InChI=1S/C16H21NO4/c1-15(2,3)21-14(20)17-12(13(18)19)16(9-10-16)11-7-5-4-6-8-11/h4-8,12H,9-10H2,1-3H3,(H,17,20)(H,18,19). The van der Waals surface area contributed by atoms with Gasteiger partial charge < -0.3 is 15.2 Å². The SMILES string of the molecule is CC(C)(C)OC(=O)NC(C(=O)O)C1(c2ccccc2)CC1. The third-order valence-corrected chi connectivity index (χ3v) is 3.60. The van der Waals surface area contributed by atoms with Crippen LogP contribution in [0, 0.1) is 0 Å². The van der Waals surface area contributed by atoms with Gasteiger partial charge in [0.05, 0.1) is 0 Å². The number of benzene rings is 1. The van der Waals surface area contributed by atoms with Crippen LogP contribution in [0.25, 0.3) is 0 Å². The molecule has 1 aliphatic carbocycles. The van der Waals surface area contributed by atoms with Gasteiger partial charge in [0.1, 0.15) is 11.6 Å². The van der Waals surface area contributed by atoms with Gasteiger partial charge in [0.2, 0.25) is 0 Å². The normalized spacial score (nSPS) is 17.7. The molecule has 21 heavy (non-hydrogen) atoms. The number of carboxylic acid groups (broad SMARTS) is 1. The molecule has 0 spiro atoms. The largest absolute Gasteiger partial charge is 0.480 e. The summed E-state index contributed by atoms with van der Waals surface area (Å²) in [6.45, 7) is 5.23. The Kier molecular flexibility index (Phi) is 3.94. The minimum Gasteiger partial charge on any atom is -0.480 e. The molecule has 0 bridgehead atoms. The Morgan fingerprint density at radius 3 is 2.24 bits per heavy atom. The molecule has 2 rings (SSSR count). The van der Waals surface area contributed by atoms with E-state index in [-0.39, 0.29) is 0 Å². The summed E-state index contributed by atoms with van der Waals surface area (Å²) in [6.07, 6.45) is 0.783. The lowest BCUT2D eigenvalue weighted by atomic mass is 9.88. The van der Waals surface area contributed by atoms with Crippen LogP contribution in [0.3, 0.4) is 0 Å². The molecule has 1 amide bonds. The van der Waals surface area contributed by atoms with Crippen LogP contribution in [0.4, 0.5) is 4.79 Å². The van der Waals surface area contributed by atoms with Crippen LogP contribution in [0.2, 0.25) is 0 Å². The Labute approximate surface area is 124 Å². The van der Waals surface area contributed by atoms with E-state index in [1.807, 2.05) is 30.3 Å². The Bertz CT molecular complexity index is 529. The molecule has 1 fully saturated rings. The number of hydrogen-bond donors (Lipinski definition) is 2. The van der Waals surface area contributed by atoms with Crippen molar-refractivity contribution in [3.05, 3.63) is 35.9 Å². The van der Waals surface area contributed by atoms with Crippen LogP contribution < -0.4 is 5.32 Å². The number of carboxylic acids is 1. The molecule has 1 atom stereocenters. The van der Waals surface area contributed by atoms with E-state index in [9.17, 15) is 14.7 Å². The molecule has 5 nitrogen and oxygen atoms in total. The van der Waals surface area contributed by atoms with Gasteiger partial charge in [0.15, 0.2) is 0 Å². The Morgan fingerprint density at radius 2 is 1.81 bits per heavy atom. The lowest BCUT2D eigenvalue weighted by molar-refractivity contribution is -0.140. The van der Waals surface area contributed by atoms with Crippen molar-refractivity contribution in [2.24, 2.45) is 0 Å². The second-order valence-corrected chi connectivity index (χ2v) is 6.44. The first kappa shape index (κ1) is 15.4. The molecule has 5 heteroatoms. The summed E-state index contributed by atoms with van der Waals surface area (Å²) in [4.78, 5) is 23.5. The predicted molar refractivity (Wildman–Crippen MR) is 78.1 cm³/mol. The van der Waals surface area contributed by atoms with Gasteiger partial charge in [0.25, 0.3) is 0 Å². The molecular formula is C16H21NO4. The summed E-state index contributed by atoms with van der Waals surface area (Å²) in [5.41, 5.74) is -0.242. The maximum atomic E-state index is 11.9. The fraction of sp³-hybridized carbons (Fsp3) is 0.500. The molecule has 2 N–H and O–H groups in total. The highest BCUT2D eigenvalue weighted by Crippen LogP contribution is 2.51. The number of amides is 1. The van der Waals surface area contributed by atoms with Gasteiger partial charge in [-0.1, -0.05) is 30.3 Å². The zero-order chi connectivity index (χ0) is 15.7. The van der Waals surface area contributed by atoms with Crippen molar-refractivity contribution in [1.29, 1.82) is 0 Å². The second kappa shape index (κ2) is 5.39. The summed E-state index contributed by atoms with van der Waals surface area (Å²) in [5, 5.41) is 12.0. The number of alkyl carbamates (subject to hydrolysis) is 1. The Hall–Kier alpha value is -2.04. The Balaban J connectivity index is 2.17. The second-order valence-electron chi connectivity index (χ2n) is 6.44. The smallest absolute Gasteiger partial charge is 0.408 e. The van der Waals surface area contributed by atoms with Crippen molar-refractivity contribution < 1.29 is 19.4 Å². The van der Waals surface area contributed by atoms with E-state index in [1.165, 1.54) is 0 Å². The fourth-order valence-electron chi connectivity index (χ4n) is 2.51. The first-order valence-electron chi connectivity index (χ1n) is 7.02. The van der Waals surface area contributed by atoms with Gasteiger partial charge in [0, 0.05) is 5.41 Å². The number of hydrogen-bond acceptors (Lipinski definition) is 3. The summed E-state index contributed by atoms with van der Waals surface area (Å²) in [7, 11) is 0. The number of ether oxygens (including phenoxy) is 1. The van der Waals surface area contributed by atoms with Gasteiger partial charge in [-0.25, -0.2) is 9.59 Å². The number of carbonyl (C=O) groups excluding carboxylic acids is 1. The van der Waals surface area contributed by atoms with Crippen LogP contribution in [0.15, 0.2) is 30.3 Å². The number of rotatable bonds is 4. The molecular weight excluding hydrogens is 270 g/mol. The summed E-state index contributed by atoms with van der Waals surface area (Å²) in [5.74, 6) is -1.04. The van der Waals surface area contributed by atoms with E-state index in [1.54, 1.807) is 20.8 Å². The molecule has 1 unspecified atom stereocenters. The molecule has 1 saturated carbocycles. The van der Waals surface area contributed by atoms with Crippen molar-refractivity contribution in [1.82, 2.24) is 5.32 Å². The van der Waals surface area contributed by atoms with E-state index >= 15 is 0 Å². The lowest BCUT2D eigenvalue weighted by Gasteiger charge is -2.27. The molecule has 1 aliphatic rings. The quantitative estimate of drug-likeness (QED) is 0.894. The van der Waals surface area contributed by atoms with Crippen LogP contribution in [0.5, 0.6) is 0 Å². The van der Waals surface area contributed by atoms with E-state index < -0.39 is 29.1 Å². The van der Waals surface area contributed by atoms with Crippen LogP contribution >= 0.6 is 0 Å². The first-order valence-corrected chi connectivity index (χ1v) is 7.02. The van der Waals surface area contributed by atoms with Crippen molar-refractivity contribution in [3.8, 4) is 0 Å². The molecule has 1 aromatic carbocycles. The number of nitrogens with one attached hydrogen (secondary N) is 1. The van der Waals surface area contributed by atoms with Crippen LogP contribution in [-0.4, -0.2) is 28.8 Å². The van der Waals surface area contributed by atoms with Gasteiger partial charge in [-0.3, -0.25) is 0 Å². The van der Waals surface area contributed by atoms with Crippen molar-refractivity contribution in [2.75, 3.05) is 0 Å². The molecule has 0 aromatic heterocycles. The average molecular weight is 291 g/mol. The maximum Gasteiger partial charge on any atom is 0.408 e. The van der Waals surface area contributed by atoms with Crippen molar-refractivity contribution >= 4 is 12.1 Å². The van der Waals surface area contributed by atoms with E-state index in [2.05, 4.69) is 5.32 Å². The zero-order valence-corrected chi connectivity index (χ0v) is 12.6. The van der Waals surface area contributed by atoms with Gasteiger partial charge in [-0.05, 0) is 39.2 Å². The number of carbonyl (C=O) groups is 2. The molecule has 114 valence electrons. The average Bonchev–Trinajstić information content (AvgIpc) is 3.16.